The molecule has 0 fully saturated rings. The number of nitrogens with one attached hydrogen (secondary N) is 2. The Hall–Kier alpha value is -2.04. The number of anilines is 1. The van der Waals surface area contributed by atoms with Crippen molar-refractivity contribution in [1.82, 2.24) is 5.32 Å². The Kier molecular flexibility index (Phi) is 5.20. The average Bonchev–Trinajstić information content (AvgIpc) is 2.46. The van der Waals surface area contributed by atoms with E-state index >= 15 is 0 Å². The van der Waals surface area contributed by atoms with Crippen LogP contribution in [0, 0.1) is 5.82 Å². The molecule has 0 atom stereocenters. The molecule has 108 valence electrons. The van der Waals surface area contributed by atoms with E-state index in [1.54, 1.807) is 36.4 Å². The van der Waals surface area contributed by atoms with Gasteiger partial charge in [0, 0.05) is 11.8 Å². The summed E-state index contributed by atoms with van der Waals surface area (Å²) >= 11 is 11.8. The third-order valence-electron chi connectivity index (χ3n) is 2.58. The molecule has 0 saturated carbocycles. The Morgan fingerprint density at radius 1 is 1.10 bits per heavy atom. The molecule has 0 aliphatic heterocycles. The van der Waals surface area contributed by atoms with Crippen LogP contribution in [0.1, 0.15) is 5.56 Å². The van der Waals surface area contributed by atoms with Gasteiger partial charge in [0.05, 0.1) is 15.7 Å². The molecule has 0 spiro atoms. The number of carbonyl (C=O) groups excluding carboxylic acids is 1. The van der Waals surface area contributed by atoms with Crippen LogP contribution < -0.4 is 10.6 Å². The second-order valence-corrected chi connectivity index (χ2v) is 4.84. The normalized spacial score (nSPS) is 10.6. The SMILES string of the molecule is O=C(N/C=C/c1ccccc1F)Nc1cccc(Cl)c1Cl. The van der Waals surface area contributed by atoms with Gasteiger partial charge in [-0.1, -0.05) is 47.5 Å². The molecule has 0 aliphatic carbocycles. The van der Waals surface area contributed by atoms with Crippen LogP contribution in [0.2, 0.25) is 10.0 Å². The highest BCUT2D eigenvalue weighted by Gasteiger charge is 2.06. The summed E-state index contributed by atoms with van der Waals surface area (Å²) in [4.78, 5) is 11.7. The van der Waals surface area contributed by atoms with E-state index in [1.165, 1.54) is 18.3 Å². The van der Waals surface area contributed by atoms with Crippen molar-refractivity contribution in [2.45, 2.75) is 0 Å². The molecule has 0 bridgehead atoms. The fourth-order valence-electron chi connectivity index (χ4n) is 1.58. The molecule has 3 nitrogen and oxygen atoms in total. The molecule has 0 saturated heterocycles. The molecule has 21 heavy (non-hydrogen) atoms. The quantitative estimate of drug-likeness (QED) is 0.826. The molecule has 2 N–H and O–H groups in total. The van der Waals surface area contributed by atoms with E-state index in [-0.39, 0.29) is 10.8 Å². The third-order valence-corrected chi connectivity index (χ3v) is 3.40. The molecule has 0 radical (unpaired) electrons. The van der Waals surface area contributed by atoms with Gasteiger partial charge in [-0.2, -0.15) is 0 Å². The van der Waals surface area contributed by atoms with Crippen molar-refractivity contribution in [3.05, 3.63) is 70.1 Å². The van der Waals surface area contributed by atoms with Gasteiger partial charge in [-0.05, 0) is 24.3 Å². The molecule has 2 amide bonds. The zero-order valence-electron chi connectivity index (χ0n) is 10.7. The Labute approximate surface area is 131 Å². The average molecular weight is 325 g/mol. The maximum atomic E-state index is 13.3. The van der Waals surface area contributed by atoms with Crippen LogP contribution >= 0.6 is 23.2 Å². The number of hydrogen-bond acceptors (Lipinski definition) is 1. The summed E-state index contributed by atoms with van der Waals surface area (Å²) in [6, 6.07) is 10.6. The van der Waals surface area contributed by atoms with Gasteiger partial charge in [-0.15, -0.1) is 0 Å². The van der Waals surface area contributed by atoms with E-state index in [1.807, 2.05) is 0 Å². The van der Waals surface area contributed by atoms with Crippen LogP contribution in [0.3, 0.4) is 0 Å². The van der Waals surface area contributed by atoms with Crippen molar-refractivity contribution in [3.8, 4) is 0 Å². The Morgan fingerprint density at radius 2 is 1.86 bits per heavy atom. The predicted molar refractivity (Wildman–Crippen MR) is 84.1 cm³/mol. The van der Waals surface area contributed by atoms with Crippen LogP contribution in [0.25, 0.3) is 6.08 Å². The summed E-state index contributed by atoms with van der Waals surface area (Å²) in [7, 11) is 0. The lowest BCUT2D eigenvalue weighted by Gasteiger charge is -2.07. The van der Waals surface area contributed by atoms with Gasteiger partial charge in [0.15, 0.2) is 0 Å². The molecule has 6 heteroatoms. The summed E-state index contributed by atoms with van der Waals surface area (Å²) < 4.78 is 13.3. The number of carbonyl (C=O) groups is 1. The second kappa shape index (κ2) is 7.11. The lowest BCUT2D eigenvalue weighted by atomic mass is 10.2. The van der Waals surface area contributed by atoms with E-state index in [2.05, 4.69) is 10.6 Å². The summed E-state index contributed by atoms with van der Waals surface area (Å²) in [6.45, 7) is 0. The lowest BCUT2D eigenvalue weighted by Crippen LogP contribution is -2.23. The van der Waals surface area contributed by atoms with Crippen molar-refractivity contribution in [2.24, 2.45) is 0 Å². The number of halogens is 3. The summed E-state index contributed by atoms with van der Waals surface area (Å²) in [5.41, 5.74) is 0.763. The first-order chi connectivity index (χ1) is 10.1. The first kappa shape index (κ1) is 15.4. The van der Waals surface area contributed by atoms with E-state index in [0.29, 0.717) is 16.3 Å². The Morgan fingerprint density at radius 3 is 2.62 bits per heavy atom. The first-order valence-electron chi connectivity index (χ1n) is 6.00. The first-order valence-corrected chi connectivity index (χ1v) is 6.76. The van der Waals surface area contributed by atoms with Crippen LogP contribution in [0.4, 0.5) is 14.9 Å². The molecule has 2 aromatic carbocycles. The number of benzene rings is 2. The van der Waals surface area contributed by atoms with Gasteiger partial charge in [0.2, 0.25) is 0 Å². The maximum Gasteiger partial charge on any atom is 0.323 e. The van der Waals surface area contributed by atoms with E-state index in [4.69, 9.17) is 23.2 Å². The molecule has 2 aromatic rings. The molecular weight excluding hydrogens is 314 g/mol. The zero-order valence-corrected chi connectivity index (χ0v) is 12.3. The fraction of sp³-hybridized carbons (Fsp3) is 0. The fourth-order valence-corrected chi connectivity index (χ4v) is 1.92. The highest BCUT2D eigenvalue weighted by Crippen LogP contribution is 2.29. The van der Waals surface area contributed by atoms with E-state index in [9.17, 15) is 9.18 Å². The van der Waals surface area contributed by atoms with Crippen molar-refractivity contribution < 1.29 is 9.18 Å². The minimum Gasteiger partial charge on any atom is -0.314 e. The number of hydrogen-bond donors (Lipinski definition) is 2. The highest BCUT2D eigenvalue weighted by molar-refractivity contribution is 6.43. The maximum absolute atomic E-state index is 13.3. The largest absolute Gasteiger partial charge is 0.323 e. The van der Waals surface area contributed by atoms with Crippen molar-refractivity contribution in [2.75, 3.05) is 5.32 Å². The predicted octanol–water partition coefficient (Wildman–Crippen LogP) is 4.92. The number of amides is 2. The molecule has 2 rings (SSSR count). The Bertz CT molecular complexity index is 689. The van der Waals surface area contributed by atoms with Gasteiger partial charge in [-0.25, -0.2) is 9.18 Å². The van der Waals surface area contributed by atoms with E-state index in [0.717, 1.165) is 0 Å². The molecule has 0 unspecified atom stereocenters. The van der Waals surface area contributed by atoms with Gasteiger partial charge < -0.3 is 10.6 Å². The smallest absolute Gasteiger partial charge is 0.314 e. The van der Waals surface area contributed by atoms with Crippen molar-refractivity contribution in [3.63, 3.8) is 0 Å². The minimum atomic E-state index is -0.508. The van der Waals surface area contributed by atoms with Crippen LogP contribution in [0.5, 0.6) is 0 Å². The summed E-state index contributed by atoms with van der Waals surface area (Å²) in [6.07, 6.45) is 2.79. The third kappa shape index (κ3) is 4.21. The van der Waals surface area contributed by atoms with Crippen molar-refractivity contribution in [1.29, 1.82) is 0 Å². The minimum absolute atomic E-state index is 0.257. The number of urea groups is 1. The highest BCUT2D eigenvalue weighted by atomic mass is 35.5. The molecule has 0 aliphatic rings. The number of rotatable bonds is 3. The molecule has 0 heterocycles. The van der Waals surface area contributed by atoms with Gasteiger partial charge >= 0.3 is 6.03 Å². The topological polar surface area (TPSA) is 41.1 Å². The van der Waals surface area contributed by atoms with E-state index < -0.39 is 6.03 Å². The lowest BCUT2D eigenvalue weighted by molar-refractivity contribution is 0.255. The van der Waals surface area contributed by atoms with Crippen LogP contribution in [0.15, 0.2) is 48.7 Å². The van der Waals surface area contributed by atoms with Crippen molar-refractivity contribution >= 4 is 41.0 Å². The molecule has 0 aromatic heterocycles. The summed E-state index contributed by atoms with van der Waals surface area (Å²) in [5.74, 6) is -0.367. The van der Waals surface area contributed by atoms with Gasteiger partial charge in [0.1, 0.15) is 5.82 Å². The molecular formula is C15H11Cl2FN2O. The second-order valence-electron chi connectivity index (χ2n) is 4.05. The van der Waals surface area contributed by atoms with Crippen LogP contribution in [-0.4, -0.2) is 6.03 Å². The monoisotopic (exact) mass is 324 g/mol. The zero-order chi connectivity index (χ0) is 15.2. The van der Waals surface area contributed by atoms with Gasteiger partial charge in [-0.3, -0.25) is 0 Å². The Balaban J connectivity index is 1.97. The van der Waals surface area contributed by atoms with Crippen LogP contribution in [-0.2, 0) is 0 Å². The standard InChI is InChI=1S/C15H11Cl2FN2O/c16-11-5-3-7-13(14(11)17)20-15(21)19-9-8-10-4-1-2-6-12(10)18/h1-9H,(H2,19,20,21)/b9-8+. The summed E-state index contributed by atoms with van der Waals surface area (Å²) in [5, 5.41) is 5.60. The van der Waals surface area contributed by atoms with Gasteiger partial charge in [0.25, 0.3) is 0 Å².